The third-order valence-corrected chi connectivity index (χ3v) is 0. The van der Waals surface area contributed by atoms with Gasteiger partial charge < -0.3 is 5.48 Å². The lowest BCUT2D eigenvalue weighted by Crippen LogP contribution is -2.30. The van der Waals surface area contributed by atoms with Gasteiger partial charge in [0.1, 0.15) is 0 Å². The molecule has 0 amide bonds. The first-order valence-electron chi connectivity index (χ1n) is 1.05. The van der Waals surface area contributed by atoms with Crippen molar-refractivity contribution in [3.05, 3.63) is 0 Å². The van der Waals surface area contributed by atoms with Gasteiger partial charge in [0.05, 0.1) is 4.97 Å². The van der Waals surface area contributed by atoms with E-state index in [0.717, 1.165) is 7.05 Å². The van der Waals surface area contributed by atoms with Gasteiger partial charge in [-0.1, -0.05) is 0 Å². The first-order chi connectivity index (χ1) is 2.00. The van der Waals surface area contributed by atoms with Crippen LogP contribution < -0.4 is 0 Å². The highest BCUT2D eigenvalue weighted by atomic mass is 17.1. The molecule has 0 aromatic rings. The summed E-state index contributed by atoms with van der Waals surface area (Å²) in [5, 5.41) is 22.7. The highest BCUT2D eigenvalue weighted by molar-refractivity contribution is 3.30. The van der Waals surface area contributed by atoms with Gasteiger partial charge in [0.25, 0.3) is 0 Å². The van der Waals surface area contributed by atoms with Crippen LogP contribution in [0.5, 0.6) is 0 Å². The Morgan fingerprint density at radius 1 is 1.17 bits per heavy atom. The average molecular weight is 97.1 g/mol. The van der Waals surface area contributed by atoms with Gasteiger partial charge in [0.15, 0.2) is 7.05 Å². The lowest BCUT2D eigenvalue weighted by molar-refractivity contribution is -1.36. The Hall–Kier alpha value is -0.200. The van der Waals surface area contributed by atoms with Crippen LogP contribution in [0.3, 0.4) is 0 Å². The fraction of sp³-hybridized carbons (Fsp3) is 1.00. The first-order valence-corrected chi connectivity index (χ1v) is 1.05. The van der Waals surface area contributed by atoms with E-state index in [1.54, 1.807) is 0 Å². The number of nitrogens with zero attached hydrogens (tertiary/aromatic N) is 1. The zero-order chi connectivity index (χ0) is 4.50. The largest absolute Gasteiger partial charge is 0.870 e. The standard InChI is InChI=1S/CH6NO3.H2O/c1-2(3,4)5;/h3-5H,1H3;1H2/q+1;/p-1. The van der Waals surface area contributed by atoms with Crippen LogP contribution in [0, 0.1) is 0 Å². The topological polar surface area (TPSA) is 90.7 Å². The second kappa shape index (κ2) is 2.06. The zero-order valence-corrected chi connectivity index (χ0v) is 3.24. The Kier molecular flexibility index (Phi) is 3.18. The summed E-state index contributed by atoms with van der Waals surface area (Å²) in [5.41, 5.74) is 0. The molecule has 0 unspecified atom stereocenters. The van der Waals surface area contributed by atoms with Crippen molar-refractivity contribution < 1.29 is 26.1 Å². The average Bonchev–Trinajstić information content (AvgIpc) is 0.722. The molecule has 5 nitrogen and oxygen atoms in total. The van der Waals surface area contributed by atoms with E-state index in [1.807, 2.05) is 0 Å². The van der Waals surface area contributed by atoms with Crippen LogP contribution in [-0.4, -0.2) is 33.1 Å². The molecule has 0 rings (SSSR count). The van der Waals surface area contributed by atoms with E-state index in [2.05, 4.69) is 0 Å². The molecule has 0 bridgehead atoms. The van der Waals surface area contributed by atoms with Crippen LogP contribution in [0.2, 0.25) is 0 Å². The van der Waals surface area contributed by atoms with Gasteiger partial charge in [-0.15, -0.1) is 15.6 Å². The maximum atomic E-state index is 7.57. The number of hydrogen-bond donors (Lipinski definition) is 3. The van der Waals surface area contributed by atoms with E-state index in [9.17, 15) is 0 Å². The molecule has 0 aromatic heterocycles. The molecule has 0 aromatic carbocycles. The fourth-order valence-corrected chi connectivity index (χ4v) is 0. The Bertz CT molecular complexity index is 23.0. The molecule has 0 aliphatic carbocycles. The molecule has 40 valence electrons. The molecule has 0 aliphatic heterocycles. The predicted molar refractivity (Wildman–Crippen MR) is 13.5 cm³/mol. The van der Waals surface area contributed by atoms with E-state index in [1.165, 1.54) is 0 Å². The van der Waals surface area contributed by atoms with Gasteiger partial charge in [0, 0.05) is 0 Å². The van der Waals surface area contributed by atoms with Crippen molar-refractivity contribution in [2.24, 2.45) is 0 Å². The summed E-state index contributed by atoms with van der Waals surface area (Å²) in [6, 6.07) is 0. The fourth-order valence-electron chi connectivity index (χ4n) is 0. The molecule has 5 heteroatoms. The molecule has 0 heterocycles. The summed E-state index contributed by atoms with van der Waals surface area (Å²) < 4.78 is 0. The van der Waals surface area contributed by atoms with Crippen LogP contribution in [-0.2, 0) is 0 Å². The monoisotopic (exact) mass is 97.0 g/mol. The Balaban J connectivity index is 0. The molecule has 0 fully saturated rings. The van der Waals surface area contributed by atoms with E-state index in [0.29, 0.717) is 0 Å². The number of hydrogen-bond acceptors (Lipinski definition) is 4. The SMILES string of the molecule is C[N+](O)(O)O.[OH-]. The summed E-state index contributed by atoms with van der Waals surface area (Å²) in [4.78, 5) is -2.00. The summed E-state index contributed by atoms with van der Waals surface area (Å²) in [7, 11) is 0.792. The molecule has 0 radical (unpaired) electrons. The van der Waals surface area contributed by atoms with Crippen molar-refractivity contribution in [1.29, 1.82) is 0 Å². The van der Waals surface area contributed by atoms with E-state index >= 15 is 0 Å². The summed E-state index contributed by atoms with van der Waals surface area (Å²) in [6.45, 7) is 0. The third kappa shape index (κ3) is 745. The van der Waals surface area contributed by atoms with Crippen LogP contribution in [0.15, 0.2) is 0 Å². The van der Waals surface area contributed by atoms with Gasteiger partial charge in [-0.2, -0.15) is 0 Å². The Morgan fingerprint density at radius 3 is 1.17 bits per heavy atom. The van der Waals surface area contributed by atoms with E-state index in [-0.39, 0.29) is 5.48 Å². The molecule has 0 saturated carbocycles. The van der Waals surface area contributed by atoms with Gasteiger partial charge in [0.2, 0.25) is 0 Å². The lowest BCUT2D eigenvalue weighted by Gasteiger charge is -2.00. The maximum absolute atomic E-state index is 7.57. The highest BCUT2D eigenvalue weighted by Gasteiger charge is 2.02. The van der Waals surface area contributed by atoms with E-state index < -0.39 is 4.97 Å². The van der Waals surface area contributed by atoms with Crippen LogP contribution in [0.4, 0.5) is 0 Å². The summed E-state index contributed by atoms with van der Waals surface area (Å²) in [6.07, 6.45) is 0. The van der Waals surface area contributed by atoms with Crippen LogP contribution in [0.1, 0.15) is 0 Å². The number of hydroxylamine groups is 3. The highest BCUT2D eigenvalue weighted by Crippen LogP contribution is 1.70. The minimum atomic E-state index is -2.00. The number of quaternary nitrogens is 1. The Morgan fingerprint density at radius 2 is 1.17 bits per heavy atom. The first kappa shape index (κ1) is 9.25. The van der Waals surface area contributed by atoms with Gasteiger partial charge in [-0.25, -0.2) is 0 Å². The van der Waals surface area contributed by atoms with Crippen molar-refractivity contribution in [1.82, 2.24) is 0 Å². The van der Waals surface area contributed by atoms with Crippen LogP contribution in [0.25, 0.3) is 0 Å². The van der Waals surface area contributed by atoms with Gasteiger partial charge in [-0.05, 0) is 0 Å². The maximum Gasteiger partial charge on any atom is 0.167 e. The minimum absolute atomic E-state index is 0. The molecule has 6 heavy (non-hydrogen) atoms. The third-order valence-electron chi connectivity index (χ3n) is 0. The van der Waals surface area contributed by atoms with Crippen molar-refractivity contribution in [2.75, 3.05) is 7.05 Å². The lowest BCUT2D eigenvalue weighted by atomic mass is 11.5. The second-order valence-electron chi connectivity index (χ2n) is 0.868. The predicted octanol–water partition coefficient (Wildman–Crippen LogP) is -0.576. The van der Waals surface area contributed by atoms with Gasteiger partial charge >= 0.3 is 0 Å². The Labute approximate surface area is 34.4 Å². The van der Waals surface area contributed by atoms with Crippen molar-refractivity contribution >= 4 is 0 Å². The second-order valence-corrected chi connectivity index (χ2v) is 0.868. The molecular formula is CH7NO4. The summed E-state index contributed by atoms with van der Waals surface area (Å²) in [5.74, 6) is 0. The molecular weight excluding hydrogens is 90.0 g/mol. The molecule has 0 saturated heterocycles. The molecule has 0 spiro atoms. The quantitative estimate of drug-likeness (QED) is 0.278. The molecule has 0 aliphatic rings. The molecule has 4 N–H and O–H groups in total. The van der Waals surface area contributed by atoms with Crippen molar-refractivity contribution in [2.45, 2.75) is 0 Å². The minimum Gasteiger partial charge on any atom is -0.870 e. The number of rotatable bonds is 0. The van der Waals surface area contributed by atoms with E-state index in [4.69, 9.17) is 15.6 Å². The molecule has 0 atom stereocenters. The van der Waals surface area contributed by atoms with Crippen molar-refractivity contribution in [3.63, 3.8) is 0 Å². The van der Waals surface area contributed by atoms with Crippen molar-refractivity contribution in [3.8, 4) is 0 Å². The normalized spacial score (nSPS) is 10.0. The zero-order valence-electron chi connectivity index (χ0n) is 3.24. The van der Waals surface area contributed by atoms with Gasteiger partial charge in [-0.3, -0.25) is 0 Å². The van der Waals surface area contributed by atoms with Crippen LogP contribution >= 0.6 is 0 Å². The summed E-state index contributed by atoms with van der Waals surface area (Å²) >= 11 is 0. The smallest absolute Gasteiger partial charge is 0.167 e.